The van der Waals surface area contributed by atoms with E-state index in [4.69, 9.17) is 0 Å². The van der Waals surface area contributed by atoms with E-state index in [1.165, 1.54) is 57.8 Å². The van der Waals surface area contributed by atoms with Crippen molar-refractivity contribution in [2.24, 2.45) is 17.3 Å². The normalized spacial score (nSPS) is 32.1. The van der Waals surface area contributed by atoms with Crippen LogP contribution in [0.3, 0.4) is 0 Å². The fourth-order valence-corrected chi connectivity index (χ4v) is 4.55. The number of unbranched alkanes of at least 4 members (excludes halogenated alkanes) is 2. The molecule has 20 heavy (non-hydrogen) atoms. The Morgan fingerprint density at radius 3 is 2.15 bits per heavy atom. The fourth-order valence-electron chi connectivity index (χ4n) is 4.55. The second-order valence-corrected chi connectivity index (χ2v) is 7.28. The second kappa shape index (κ2) is 7.47. The Balaban J connectivity index is 1.86. The smallest absolute Gasteiger partial charge is 0.309 e. The molecule has 2 heteroatoms. The Kier molecular flexibility index (Phi) is 5.92. The van der Waals surface area contributed by atoms with Crippen LogP contribution >= 0.6 is 0 Å². The van der Waals surface area contributed by atoms with E-state index in [1.807, 2.05) is 0 Å². The Bertz CT molecular complexity index is 297. The summed E-state index contributed by atoms with van der Waals surface area (Å²) in [4.78, 5) is 11.8. The van der Waals surface area contributed by atoms with Crippen LogP contribution < -0.4 is 0 Å². The molecule has 1 N–H and O–H groups in total. The Morgan fingerprint density at radius 1 is 1.00 bits per heavy atom. The first kappa shape index (κ1) is 15.9. The zero-order valence-electron chi connectivity index (χ0n) is 13.2. The first-order valence-corrected chi connectivity index (χ1v) is 8.91. The summed E-state index contributed by atoms with van der Waals surface area (Å²) in [6.45, 7) is 2.19. The standard InChI is InChI=1S/C18H32O2/c1-2-3-7-12-18(17(19)20)13-10-16(11-14-18)15-8-5-4-6-9-15/h15-16H,2-14H2,1H3,(H,19,20)/t16-,18-. The Labute approximate surface area is 124 Å². The van der Waals surface area contributed by atoms with Gasteiger partial charge in [-0.15, -0.1) is 0 Å². The van der Waals surface area contributed by atoms with E-state index in [9.17, 15) is 9.90 Å². The van der Waals surface area contributed by atoms with Gasteiger partial charge in [0.05, 0.1) is 5.41 Å². The molecule has 2 fully saturated rings. The topological polar surface area (TPSA) is 37.3 Å². The molecule has 0 aliphatic heterocycles. The van der Waals surface area contributed by atoms with Gasteiger partial charge in [0.15, 0.2) is 0 Å². The maximum absolute atomic E-state index is 11.8. The zero-order valence-corrected chi connectivity index (χ0v) is 13.2. The highest BCUT2D eigenvalue weighted by atomic mass is 16.4. The number of rotatable bonds is 6. The maximum Gasteiger partial charge on any atom is 0.309 e. The van der Waals surface area contributed by atoms with Crippen molar-refractivity contribution in [2.75, 3.05) is 0 Å². The van der Waals surface area contributed by atoms with Gasteiger partial charge in [0.1, 0.15) is 0 Å². The van der Waals surface area contributed by atoms with Crippen LogP contribution in [0.2, 0.25) is 0 Å². The van der Waals surface area contributed by atoms with E-state index < -0.39 is 5.97 Å². The molecule has 0 spiro atoms. The molecule has 0 aromatic carbocycles. The fraction of sp³-hybridized carbons (Fsp3) is 0.944. The van der Waals surface area contributed by atoms with Gasteiger partial charge in [-0.05, 0) is 43.9 Å². The molecule has 2 rings (SSSR count). The van der Waals surface area contributed by atoms with Gasteiger partial charge in [-0.25, -0.2) is 0 Å². The zero-order chi connectivity index (χ0) is 14.4. The lowest BCUT2D eigenvalue weighted by Gasteiger charge is -2.41. The first-order valence-electron chi connectivity index (χ1n) is 8.91. The van der Waals surface area contributed by atoms with Crippen molar-refractivity contribution in [2.45, 2.75) is 90.4 Å². The molecule has 0 aromatic heterocycles. The van der Waals surface area contributed by atoms with Gasteiger partial charge >= 0.3 is 5.97 Å². The number of hydrogen-bond acceptors (Lipinski definition) is 1. The van der Waals surface area contributed by atoms with Gasteiger partial charge in [-0.1, -0.05) is 58.3 Å². The lowest BCUT2D eigenvalue weighted by Crippen LogP contribution is -2.37. The summed E-state index contributed by atoms with van der Waals surface area (Å²) in [7, 11) is 0. The van der Waals surface area contributed by atoms with E-state index in [2.05, 4.69) is 6.92 Å². The minimum Gasteiger partial charge on any atom is -0.481 e. The summed E-state index contributed by atoms with van der Waals surface area (Å²) in [5, 5.41) is 9.68. The van der Waals surface area contributed by atoms with Crippen molar-refractivity contribution in [3.8, 4) is 0 Å². The summed E-state index contributed by atoms with van der Waals surface area (Å²) in [5.41, 5.74) is -0.375. The van der Waals surface area contributed by atoms with Crippen LogP contribution in [0.4, 0.5) is 0 Å². The van der Waals surface area contributed by atoms with Crippen molar-refractivity contribution >= 4 is 5.97 Å². The van der Waals surface area contributed by atoms with E-state index in [0.29, 0.717) is 0 Å². The minimum absolute atomic E-state index is 0.375. The molecule has 116 valence electrons. The average Bonchev–Trinajstić information content (AvgIpc) is 2.49. The predicted molar refractivity (Wildman–Crippen MR) is 82.7 cm³/mol. The molecular weight excluding hydrogens is 248 g/mol. The number of hydrogen-bond donors (Lipinski definition) is 1. The third-order valence-corrected chi connectivity index (χ3v) is 6.02. The van der Waals surface area contributed by atoms with Gasteiger partial charge in [-0.2, -0.15) is 0 Å². The maximum atomic E-state index is 11.8. The molecule has 0 unspecified atom stereocenters. The molecule has 2 aliphatic carbocycles. The summed E-state index contributed by atoms with van der Waals surface area (Å²) in [5.74, 6) is 1.22. The summed E-state index contributed by atoms with van der Waals surface area (Å²) in [6.07, 6.45) is 15.6. The second-order valence-electron chi connectivity index (χ2n) is 7.28. The molecule has 0 heterocycles. The highest BCUT2D eigenvalue weighted by Crippen LogP contribution is 2.47. The largest absolute Gasteiger partial charge is 0.481 e. The molecule has 0 bridgehead atoms. The minimum atomic E-state index is -0.518. The van der Waals surface area contributed by atoms with E-state index in [0.717, 1.165) is 37.5 Å². The number of carbonyl (C=O) groups is 1. The molecule has 0 saturated heterocycles. The van der Waals surface area contributed by atoms with Crippen LogP contribution in [0.15, 0.2) is 0 Å². The lowest BCUT2D eigenvalue weighted by molar-refractivity contribution is -0.152. The Morgan fingerprint density at radius 2 is 1.60 bits per heavy atom. The third kappa shape index (κ3) is 3.77. The quantitative estimate of drug-likeness (QED) is 0.661. The van der Waals surface area contributed by atoms with Gasteiger partial charge in [0, 0.05) is 0 Å². The molecular formula is C18H32O2. The monoisotopic (exact) mass is 280 g/mol. The molecule has 0 radical (unpaired) electrons. The molecule has 2 saturated carbocycles. The van der Waals surface area contributed by atoms with E-state index in [1.54, 1.807) is 0 Å². The van der Waals surface area contributed by atoms with Crippen LogP contribution in [0.25, 0.3) is 0 Å². The van der Waals surface area contributed by atoms with Crippen LogP contribution in [0.1, 0.15) is 90.4 Å². The average molecular weight is 280 g/mol. The van der Waals surface area contributed by atoms with Crippen LogP contribution in [-0.2, 0) is 4.79 Å². The van der Waals surface area contributed by atoms with Crippen molar-refractivity contribution in [1.82, 2.24) is 0 Å². The number of aliphatic carboxylic acids is 1. The van der Waals surface area contributed by atoms with Gasteiger partial charge in [0.25, 0.3) is 0 Å². The molecule has 0 aromatic rings. The highest BCUT2D eigenvalue weighted by Gasteiger charge is 2.42. The van der Waals surface area contributed by atoms with Crippen molar-refractivity contribution in [3.05, 3.63) is 0 Å². The van der Waals surface area contributed by atoms with Crippen molar-refractivity contribution in [1.29, 1.82) is 0 Å². The summed E-state index contributed by atoms with van der Waals surface area (Å²) < 4.78 is 0. The van der Waals surface area contributed by atoms with Gasteiger partial charge in [0.2, 0.25) is 0 Å². The molecule has 0 amide bonds. The molecule has 2 nitrogen and oxygen atoms in total. The lowest BCUT2D eigenvalue weighted by atomic mass is 9.63. The summed E-state index contributed by atoms with van der Waals surface area (Å²) in [6, 6.07) is 0. The number of carboxylic acid groups (broad SMARTS) is 1. The van der Waals surface area contributed by atoms with Crippen molar-refractivity contribution in [3.63, 3.8) is 0 Å². The van der Waals surface area contributed by atoms with Crippen LogP contribution in [0.5, 0.6) is 0 Å². The SMILES string of the molecule is CCCCC[C@]1(C(=O)O)CC[C@H](C2CCCCC2)CC1. The van der Waals surface area contributed by atoms with Gasteiger partial charge < -0.3 is 5.11 Å². The van der Waals surface area contributed by atoms with Gasteiger partial charge in [-0.3, -0.25) is 4.79 Å². The molecule has 2 aliphatic rings. The first-order chi connectivity index (χ1) is 9.68. The number of carboxylic acids is 1. The highest BCUT2D eigenvalue weighted by molar-refractivity contribution is 5.74. The van der Waals surface area contributed by atoms with Crippen molar-refractivity contribution < 1.29 is 9.90 Å². The molecule has 0 atom stereocenters. The van der Waals surface area contributed by atoms with E-state index in [-0.39, 0.29) is 5.41 Å². The van der Waals surface area contributed by atoms with E-state index >= 15 is 0 Å². The van der Waals surface area contributed by atoms with Crippen LogP contribution in [0, 0.1) is 17.3 Å². The predicted octanol–water partition coefficient (Wildman–Crippen LogP) is 5.41. The Hall–Kier alpha value is -0.530. The summed E-state index contributed by atoms with van der Waals surface area (Å²) >= 11 is 0. The van der Waals surface area contributed by atoms with Crippen LogP contribution in [-0.4, -0.2) is 11.1 Å². The third-order valence-electron chi connectivity index (χ3n) is 6.02.